The van der Waals surface area contributed by atoms with E-state index in [1.54, 1.807) is 0 Å². The van der Waals surface area contributed by atoms with Crippen molar-refractivity contribution in [3.63, 3.8) is 0 Å². The highest BCUT2D eigenvalue weighted by Gasteiger charge is 2.28. The van der Waals surface area contributed by atoms with Crippen molar-refractivity contribution in [1.82, 2.24) is 20.0 Å². The molecular weight excluding hydrogens is 276 g/mol. The molecule has 5 nitrogen and oxygen atoms in total. The fraction of sp³-hybridized carbons (Fsp3) is 0.647. The molecule has 1 unspecified atom stereocenters. The summed E-state index contributed by atoms with van der Waals surface area (Å²) < 4.78 is 1.83. The van der Waals surface area contributed by atoms with E-state index in [1.165, 1.54) is 11.1 Å². The summed E-state index contributed by atoms with van der Waals surface area (Å²) in [6.45, 7) is 9.88. The van der Waals surface area contributed by atoms with E-state index in [9.17, 15) is 4.79 Å². The lowest BCUT2D eigenvalue weighted by molar-refractivity contribution is -0.127. The molecule has 0 aliphatic carbocycles. The molecule has 0 saturated heterocycles. The topological polar surface area (TPSA) is 50.2 Å². The van der Waals surface area contributed by atoms with Crippen LogP contribution in [0.5, 0.6) is 0 Å². The summed E-state index contributed by atoms with van der Waals surface area (Å²) in [7, 11) is 1.93. The predicted molar refractivity (Wildman–Crippen MR) is 89.3 cm³/mol. The van der Waals surface area contributed by atoms with Crippen LogP contribution in [0.4, 0.5) is 0 Å². The molecular formula is C17H28N4O. The van der Waals surface area contributed by atoms with Gasteiger partial charge in [0.05, 0.1) is 12.2 Å². The molecule has 1 atom stereocenters. The predicted octanol–water partition coefficient (Wildman–Crippen LogP) is 2.20. The number of carbonyl (C=O) groups is 1. The summed E-state index contributed by atoms with van der Waals surface area (Å²) in [6.07, 6.45) is 7.98. The van der Waals surface area contributed by atoms with Gasteiger partial charge in [-0.25, -0.2) is 0 Å². The molecule has 0 bridgehead atoms. The number of aryl methyl sites for hydroxylation is 1. The zero-order chi connectivity index (χ0) is 16.3. The lowest BCUT2D eigenvalue weighted by Gasteiger charge is -2.34. The fourth-order valence-electron chi connectivity index (χ4n) is 2.88. The van der Waals surface area contributed by atoms with E-state index in [1.807, 2.05) is 44.9 Å². The Morgan fingerprint density at radius 3 is 2.64 bits per heavy atom. The molecule has 0 aromatic carbocycles. The summed E-state index contributed by atoms with van der Waals surface area (Å²) in [5.41, 5.74) is 2.33. The van der Waals surface area contributed by atoms with Crippen LogP contribution in [0.3, 0.4) is 0 Å². The maximum Gasteiger partial charge on any atom is 0.237 e. The Labute approximate surface area is 133 Å². The van der Waals surface area contributed by atoms with Crippen molar-refractivity contribution in [3.8, 4) is 0 Å². The van der Waals surface area contributed by atoms with Gasteiger partial charge in [0.1, 0.15) is 0 Å². The minimum atomic E-state index is -0.184. The van der Waals surface area contributed by atoms with E-state index in [0.29, 0.717) is 0 Å². The molecule has 1 aliphatic heterocycles. The van der Waals surface area contributed by atoms with E-state index in [4.69, 9.17) is 0 Å². The van der Waals surface area contributed by atoms with E-state index >= 15 is 0 Å². The van der Waals surface area contributed by atoms with Gasteiger partial charge in [-0.15, -0.1) is 0 Å². The molecule has 5 heteroatoms. The van der Waals surface area contributed by atoms with Crippen LogP contribution in [-0.4, -0.2) is 45.3 Å². The number of rotatable bonds is 4. The third-order valence-corrected chi connectivity index (χ3v) is 3.94. The van der Waals surface area contributed by atoms with E-state index < -0.39 is 0 Å². The van der Waals surface area contributed by atoms with Crippen molar-refractivity contribution in [2.75, 3.05) is 13.1 Å². The van der Waals surface area contributed by atoms with Crippen molar-refractivity contribution in [2.24, 2.45) is 7.05 Å². The first kappa shape index (κ1) is 16.7. The van der Waals surface area contributed by atoms with E-state index in [2.05, 4.69) is 28.3 Å². The van der Waals surface area contributed by atoms with E-state index in [-0.39, 0.29) is 17.5 Å². The van der Waals surface area contributed by atoms with Gasteiger partial charge in [0, 0.05) is 37.4 Å². The number of hydrogen-bond donors (Lipinski definition) is 1. The van der Waals surface area contributed by atoms with Gasteiger partial charge in [-0.2, -0.15) is 5.10 Å². The number of hydrogen-bond acceptors (Lipinski definition) is 3. The summed E-state index contributed by atoms with van der Waals surface area (Å²) in [5, 5.41) is 7.33. The number of aromatic nitrogens is 2. The van der Waals surface area contributed by atoms with Gasteiger partial charge in [-0.05, 0) is 39.2 Å². The number of carbonyl (C=O) groups excluding carboxylic acids is 1. The van der Waals surface area contributed by atoms with Crippen LogP contribution in [-0.2, 0) is 11.8 Å². The molecule has 2 rings (SSSR count). The van der Waals surface area contributed by atoms with Crippen LogP contribution in [0.2, 0.25) is 0 Å². The second-order valence-corrected chi connectivity index (χ2v) is 7.04. The van der Waals surface area contributed by atoms with Gasteiger partial charge in [0.25, 0.3) is 0 Å². The first-order valence-corrected chi connectivity index (χ1v) is 8.04. The first-order valence-electron chi connectivity index (χ1n) is 8.04. The van der Waals surface area contributed by atoms with Crippen molar-refractivity contribution in [3.05, 3.63) is 24.0 Å². The van der Waals surface area contributed by atoms with Crippen LogP contribution in [0, 0.1) is 0 Å². The summed E-state index contributed by atoms with van der Waals surface area (Å²) >= 11 is 0. The zero-order valence-electron chi connectivity index (χ0n) is 14.4. The SMILES string of the molecule is CCC(C(=O)NC(C)(C)C)N1CC=C(c2cnn(C)c2)CC1. The van der Waals surface area contributed by atoms with Crippen molar-refractivity contribution < 1.29 is 4.79 Å². The molecule has 122 valence electrons. The van der Waals surface area contributed by atoms with Crippen molar-refractivity contribution in [1.29, 1.82) is 0 Å². The smallest absolute Gasteiger partial charge is 0.237 e. The summed E-state index contributed by atoms with van der Waals surface area (Å²) in [4.78, 5) is 14.7. The quantitative estimate of drug-likeness (QED) is 0.928. The molecule has 22 heavy (non-hydrogen) atoms. The molecule has 0 fully saturated rings. The largest absolute Gasteiger partial charge is 0.350 e. The third kappa shape index (κ3) is 4.19. The summed E-state index contributed by atoms with van der Waals surface area (Å²) in [5.74, 6) is 0.133. The highest BCUT2D eigenvalue weighted by atomic mass is 16.2. The Morgan fingerprint density at radius 1 is 1.45 bits per heavy atom. The molecule has 1 N–H and O–H groups in total. The van der Waals surface area contributed by atoms with Crippen LogP contribution < -0.4 is 5.32 Å². The average Bonchev–Trinajstić information content (AvgIpc) is 2.85. The van der Waals surface area contributed by atoms with Crippen LogP contribution >= 0.6 is 0 Å². The molecule has 0 saturated carbocycles. The van der Waals surface area contributed by atoms with Gasteiger partial charge >= 0.3 is 0 Å². The van der Waals surface area contributed by atoms with Crippen LogP contribution in [0.15, 0.2) is 18.5 Å². The molecule has 1 amide bonds. The Bertz CT molecular complexity index is 553. The molecule has 0 spiro atoms. The van der Waals surface area contributed by atoms with Gasteiger partial charge < -0.3 is 5.32 Å². The highest BCUT2D eigenvalue weighted by Crippen LogP contribution is 2.23. The zero-order valence-corrected chi connectivity index (χ0v) is 14.4. The minimum absolute atomic E-state index is 0.0501. The van der Waals surface area contributed by atoms with Gasteiger partial charge in [-0.1, -0.05) is 13.0 Å². The van der Waals surface area contributed by atoms with Gasteiger partial charge in [0.2, 0.25) is 5.91 Å². The van der Waals surface area contributed by atoms with Crippen molar-refractivity contribution in [2.45, 2.75) is 52.1 Å². The standard InChI is InChI=1S/C17H28N4O/c1-6-15(16(22)19-17(2,3)4)21-9-7-13(8-10-21)14-11-18-20(5)12-14/h7,11-12,15H,6,8-10H2,1-5H3,(H,19,22). The highest BCUT2D eigenvalue weighted by molar-refractivity contribution is 5.82. The lowest BCUT2D eigenvalue weighted by atomic mass is 10.00. The monoisotopic (exact) mass is 304 g/mol. The number of nitrogens with one attached hydrogen (secondary N) is 1. The maximum atomic E-state index is 12.5. The Kier molecular flexibility index (Phi) is 5.06. The normalized spacial score (nSPS) is 18.0. The van der Waals surface area contributed by atoms with Gasteiger partial charge in [-0.3, -0.25) is 14.4 Å². The van der Waals surface area contributed by atoms with Gasteiger partial charge in [0.15, 0.2) is 0 Å². The summed E-state index contributed by atoms with van der Waals surface area (Å²) in [6, 6.07) is -0.0501. The Balaban J connectivity index is 2.02. The Hall–Kier alpha value is -1.62. The number of amides is 1. The molecule has 1 aliphatic rings. The van der Waals surface area contributed by atoms with Crippen molar-refractivity contribution >= 4 is 11.5 Å². The molecule has 1 aromatic heterocycles. The lowest BCUT2D eigenvalue weighted by Crippen LogP contribution is -2.52. The fourth-order valence-corrected chi connectivity index (χ4v) is 2.88. The second-order valence-electron chi connectivity index (χ2n) is 7.04. The minimum Gasteiger partial charge on any atom is -0.350 e. The molecule has 2 heterocycles. The maximum absolute atomic E-state index is 12.5. The molecule has 1 aromatic rings. The first-order chi connectivity index (χ1) is 10.3. The average molecular weight is 304 g/mol. The Morgan fingerprint density at radius 2 is 2.18 bits per heavy atom. The van der Waals surface area contributed by atoms with E-state index in [0.717, 1.165) is 25.9 Å². The van der Waals surface area contributed by atoms with Crippen LogP contribution in [0.25, 0.3) is 5.57 Å². The number of nitrogens with zero attached hydrogens (tertiary/aromatic N) is 3. The third-order valence-electron chi connectivity index (χ3n) is 3.94. The van der Waals surface area contributed by atoms with Crippen LogP contribution in [0.1, 0.15) is 46.1 Å². The molecule has 0 radical (unpaired) electrons. The second kappa shape index (κ2) is 6.65.